The lowest BCUT2D eigenvalue weighted by Crippen LogP contribution is -2.33. The van der Waals surface area contributed by atoms with Crippen LogP contribution in [0.2, 0.25) is 0 Å². The van der Waals surface area contributed by atoms with E-state index in [0.29, 0.717) is 26.1 Å². The maximum absolute atomic E-state index is 11.8. The summed E-state index contributed by atoms with van der Waals surface area (Å²) in [7, 11) is 0. The van der Waals surface area contributed by atoms with Crippen LogP contribution >= 0.6 is 0 Å². The molecule has 2 aliphatic heterocycles. The van der Waals surface area contributed by atoms with E-state index in [2.05, 4.69) is 0 Å². The number of carbonyl (C=O) groups excluding carboxylic acids is 1. The van der Waals surface area contributed by atoms with Gasteiger partial charge in [-0.15, -0.1) is 0 Å². The normalized spacial score (nSPS) is 27.7. The summed E-state index contributed by atoms with van der Waals surface area (Å²) in [5.41, 5.74) is 0. The third-order valence-electron chi connectivity index (χ3n) is 3.44. The van der Waals surface area contributed by atoms with Crippen LogP contribution in [0.4, 0.5) is 0 Å². The second-order valence-electron chi connectivity index (χ2n) is 4.81. The Bertz CT molecular complexity index is 314. The van der Waals surface area contributed by atoms with Crippen LogP contribution in [-0.4, -0.2) is 60.9 Å². The van der Waals surface area contributed by atoms with Crippen molar-refractivity contribution in [3.05, 3.63) is 0 Å². The number of hydrogen-bond acceptors (Lipinski definition) is 4. The summed E-state index contributed by atoms with van der Waals surface area (Å²) in [6, 6.07) is 0. The van der Waals surface area contributed by atoms with Gasteiger partial charge in [-0.1, -0.05) is 0 Å². The molecule has 1 N–H and O–H groups in total. The van der Waals surface area contributed by atoms with Gasteiger partial charge >= 0.3 is 5.97 Å². The minimum Gasteiger partial charge on any atom is -0.481 e. The molecule has 2 saturated heterocycles. The van der Waals surface area contributed by atoms with Crippen molar-refractivity contribution in [2.75, 3.05) is 32.9 Å². The predicted octanol–water partition coefficient (Wildman–Crippen LogP) is 0.115. The van der Waals surface area contributed by atoms with E-state index in [1.807, 2.05) is 0 Å². The number of rotatable bonds is 5. The van der Waals surface area contributed by atoms with E-state index >= 15 is 0 Å². The lowest BCUT2D eigenvalue weighted by molar-refractivity contribution is -0.141. The number of nitrogens with zero attached hydrogens (tertiary/aromatic N) is 1. The number of hydrogen-bond donors (Lipinski definition) is 1. The van der Waals surface area contributed by atoms with E-state index in [0.717, 1.165) is 19.4 Å². The van der Waals surface area contributed by atoms with Crippen molar-refractivity contribution in [3.8, 4) is 0 Å². The topological polar surface area (TPSA) is 76.1 Å². The van der Waals surface area contributed by atoms with E-state index in [4.69, 9.17) is 14.6 Å². The second-order valence-corrected chi connectivity index (χ2v) is 4.81. The third kappa shape index (κ3) is 3.43. The first-order valence-electron chi connectivity index (χ1n) is 6.36. The average Bonchev–Trinajstić information content (AvgIpc) is 2.99. The molecule has 18 heavy (non-hydrogen) atoms. The molecule has 2 fully saturated rings. The highest BCUT2D eigenvalue weighted by atomic mass is 16.5. The van der Waals surface area contributed by atoms with Gasteiger partial charge in [0.2, 0.25) is 5.91 Å². The Labute approximate surface area is 106 Å². The molecule has 6 heteroatoms. The Morgan fingerprint density at radius 2 is 2.22 bits per heavy atom. The zero-order valence-corrected chi connectivity index (χ0v) is 10.3. The second kappa shape index (κ2) is 6.15. The van der Waals surface area contributed by atoms with E-state index in [-0.39, 0.29) is 18.6 Å². The lowest BCUT2D eigenvalue weighted by Gasteiger charge is -2.16. The Morgan fingerprint density at radius 1 is 1.39 bits per heavy atom. The number of aliphatic carboxylic acids is 1. The van der Waals surface area contributed by atoms with Crippen LogP contribution in [-0.2, 0) is 19.1 Å². The number of carbonyl (C=O) groups is 2. The number of carboxylic acid groups (broad SMARTS) is 1. The summed E-state index contributed by atoms with van der Waals surface area (Å²) in [6.45, 7) is 2.05. The first-order chi connectivity index (χ1) is 8.66. The van der Waals surface area contributed by atoms with Crippen LogP contribution in [0.5, 0.6) is 0 Å². The van der Waals surface area contributed by atoms with Gasteiger partial charge in [-0.05, 0) is 19.3 Å². The molecule has 0 radical (unpaired) electrons. The molecule has 0 unspecified atom stereocenters. The first kappa shape index (κ1) is 13.3. The highest BCUT2D eigenvalue weighted by Gasteiger charge is 2.30. The summed E-state index contributed by atoms with van der Waals surface area (Å²) in [4.78, 5) is 24.1. The first-order valence-corrected chi connectivity index (χ1v) is 6.36. The molecule has 0 saturated carbocycles. The van der Waals surface area contributed by atoms with Crippen molar-refractivity contribution in [2.45, 2.75) is 25.4 Å². The van der Waals surface area contributed by atoms with Gasteiger partial charge in [0.25, 0.3) is 0 Å². The maximum Gasteiger partial charge on any atom is 0.308 e. The molecule has 6 nitrogen and oxygen atoms in total. The molecule has 2 atom stereocenters. The van der Waals surface area contributed by atoms with Crippen LogP contribution in [0, 0.1) is 5.92 Å². The van der Waals surface area contributed by atoms with E-state index < -0.39 is 11.9 Å². The minimum atomic E-state index is -0.828. The van der Waals surface area contributed by atoms with Crippen molar-refractivity contribution in [3.63, 3.8) is 0 Å². The molecule has 0 aliphatic carbocycles. The summed E-state index contributed by atoms with van der Waals surface area (Å²) in [5, 5.41) is 8.85. The summed E-state index contributed by atoms with van der Waals surface area (Å²) in [6.07, 6.45) is 2.68. The molecule has 1 amide bonds. The minimum absolute atomic E-state index is 0.0200. The molecular formula is C12H19NO5. The number of carboxylic acids is 1. The molecule has 2 rings (SSSR count). The zero-order chi connectivity index (χ0) is 13.0. The molecule has 102 valence electrons. The SMILES string of the molecule is O=C(O)[C@H]1CCN(C(=O)COC[C@@H]2CCCO2)C1. The summed E-state index contributed by atoms with van der Waals surface area (Å²) < 4.78 is 10.7. The highest BCUT2D eigenvalue weighted by Crippen LogP contribution is 2.16. The summed E-state index contributed by atoms with van der Waals surface area (Å²) in [5.74, 6) is -1.38. The van der Waals surface area contributed by atoms with Gasteiger partial charge in [0, 0.05) is 19.7 Å². The smallest absolute Gasteiger partial charge is 0.308 e. The summed E-state index contributed by atoms with van der Waals surface area (Å²) >= 11 is 0. The van der Waals surface area contributed by atoms with Crippen molar-refractivity contribution < 1.29 is 24.2 Å². The van der Waals surface area contributed by atoms with Crippen LogP contribution in [0.15, 0.2) is 0 Å². The van der Waals surface area contributed by atoms with E-state index in [9.17, 15) is 9.59 Å². The van der Waals surface area contributed by atoms with Gasteiger partial charge < -0.3 is 19.5 Å². The maximum atomic E-state index is 11.8. The zero-order valence-electron chi connectivity index (χ0n) is 10.3. The average molecular weight is 257 g/mol. The van der Waals surface area contributed by atoms with E-state index in [1.165, 1.54) is 0 Å². The molecular weight excluding hydrogens is 238 g/mol. The highest BCUT2D eigenvalue weighted by molar-refractivity contribution is 5.79. The van der Waals surface area contributed by atoms with Crippen LogP contribution in [0.25, 0.3) is 0 Å². The van der Waals surface area contributed by atoms with Gasteiger partial charge in [-0.3, -0.25) is 9.59 Å². The van der Waals surface area contributed by atoms with Gasteiger partial charge in [-0.2, -0.15) is 0 Å². The fourth-order valence-corrected chi connectivity index (χ4v) is 2.33. The van der Waals surface area contributed by atoms with Gasteiger partial charge in [0.1, 0.15) is 6.61 Å². The van der Waals surface area contributed by atoms with Crippen molar-refractivity contribution in [1.29, 1.82) is 0 Å². The fourth-order valence-electron chi connectivity index (χ4n) is 2.33. The molecule has 0 spiro atoms. The predicted molar refractivity (Wildman–Crippen MR) is 62.1 cm³/mol. The van der Waals surface area contributed by atoms with Crippen LogP contribution < -0.4 is 0 Å². The van der Waals surface area contributed by atoms with Crippen molar-refractivity contribution >= 4 is 11.9 Å². The van der Waals surface area contributed by atoms with Gasteiger partial charge in [0.15, 0.2) is 0 Å². The Morgan fingerprint density at radius 3 is 2.83 bits per heavy atom. The molecule has 0 aromatic heterocycles. The third-order valence-corrected chi connectivity index (χ3v) is 3.44. The van der Waals surface area contributed by atoms with Gasteiger partial charge in [0.05, 0.1) is 18.6 Å². The molecule has 0 aromatic carbocycles. The Hall–Kier alpha value is -1.14. The van der Waals surface area contributed by atoms with Crippen molar-refractivity contribution in [1.82, 2.24) is 4.90 Å². The number of likely N-dealkylation sites (tertiary alicyclic amines) is 1. The van der Waals surface area contributed by atoms with Gasteiger partial charge in [-0.25, -0.2) is 0 Å². The van der Waals surface area contributed by atoms with E-state index in [1.54, 1.807) is 4.90 Å². The quantitative estimate of drug-likeness (QED) is 0.756. The number of amides is 1. The molecule has 2 heterocycles. The molecule has 0 bridgehead atoms. The largest absolute Gasteiger partial charge is 0.481 e. The van der Waals surface area contributed by atoms with Crippen molar-refractivity contribution in [2.24, 2.45) is 5.92 Å². The lowest BCUT2D eigenvalue weighted by atomic mass is 10.1. The Kier molecular flexibility index (Phi) is 4.54. The Balaban J connectivity index is 1.64. The monoisotopic (exact) mass is 257 g/mol. The van der Waals surface area contributed by atoms with Crippen LogP contribution in [0.3, 0.4) is 0 Å². The van der Waals surface area contributed by atoms with Crippen LogP contribution in [0.1, 0.15) is 19.3 Å². The molecule has 2 aliphatic rings. The number of ether oxygens (including phenoxy) is 2. The fraction of sp³-hybridized carbons (Fsp3) is 0.833. The standard InChI is InChI=1S/C12H19NO5/c14-11(8-17-7-10-2-1-5-18-10)13-4-3-9(6-13)12(15)16/h9-10H,1-8H2,(H,15,16)/t9-,10-/m0/s1. The molecule has 0 aromatic rings.